The van der Waals surface area contributed by atoms with Crippen LogP contribution in [-0.4, -0.2) is 11.2 Å². The average Bonchev–Trinajstić information content (AvgIpc) is 2.34. The maximum Gasteiger partial charge on any atom is 0.0911 e. The number of aryl methyl sites for hydroxylation is 1. The number of halogens is 1. The van der Waals surface area contributed by atoms with Crippen molar-refractivity contribution < 1.29 is 4.39 Å². The Morgan fingerprint density at radius 2 is 1.89 bits per heavy atom. The smallest absolute Gasteiger partial charge is 0.0911 e. The molecule has 1 heterocycles. The summed E-state index contributed by atoms with van der Waals surface area (Å²) in [4.78, 5) is 0. The Kier molecular flexibility index (Phi) is 2.31. The number of hydrogen-bond acceptors (Lipinski definition) is 0. The highest BCUT2D eigenvalue weighted by Crippen LogP contribution is 1.92. The van der Waals surface area contributed by atoms with Crippen molar-refractivity contribution in [3.8, 4) is 0 Å². The maximum atomic E-state index is 11.6. The van der Waals surface area contributed by atoms with Crippen LogP contribution in [-0.2, 0) is 6.54 Å². The first kappa shape index (κ1) is 6.33. The maximum absolute atomic E-state index is 11.6. The van der Waals surface area contributed by atoms with E-state index in [4.69, 9.17) is 0 Å². The molecule has 0 amide bonds. The van der Waals surface area contributed by atoms with E-state index in [2.05, 4.69) is 0 Å². The first-order valence-electron chi connectivity index (χ1n) is 3.10. The van der Waals surface area contributed by atoms with Crippen LogP contribution in [0.15, 0.2) is 24.5 Å². The number of rotatable bonds is 3. The first-order chi connectivity index (χ1) is 4.43. The summed E-state index contributed by atoms with van der Waals surface area (Å²) in [6.07, 6.45) is 4.50. The van der Waals surface area contributed by atoms with Gasteiger partial charge in [0.1, 0.15) is 0 Å². The van der Waals surface area contributed by atoms with E-state index in [-0.39, 0.29) is 6.67 Å². The predicted molar refractivity (Wildman–Crippen MR) is 35.0 cm³/mol. The highest BCUT2D eigenvalue weighted by Gasteiger charge is 1.85. The predicted octanol–water partition coefficient (Wildman–Crippen LogP) is 1.85. The van der Waals surface area contributed by atoms with Crippen LogP contribution in [0.5, 0.6) is 0 Å². The Morgan fingerprint density at radius 3 is 2.44 bits per heavy atom. The van der Waals surface area contributed by atoms with Gasteiger partial charge in [-0.1, -0.05) is 0 Å². The third-order valence-corrected chi connectivity index (χ3v) is 1.22. The van der Waals surface area contributed by atoms with Crippen LogP contribution in [0.1, 0.15) is 6.42 Å². The highest BCUT2D eigenvalue weighted by molar-refractivity contribution is 4.89. The number of aromatic nitrogens is 1. The zero-order valence-corrected chi connectivity index (χ0v) is 5.26. The molecule has 0 aromatic carbocycles. The van der Waals surface area contributed by atoms with E-state index in [0.29, 0.717) is 6.42 Å². The van der Waals surface area contributed by atoms with Crippen molar-refractivity contribution in [1.29, 1.82) is 0 Å². The standard InChI is InChI=1S/C7H10FN/c8-4-3-7-9-5-1-2-6-9/h1-2,5-6H,3-4,7H2. The molecular weight excluding hydrogens is 117 g/mol. The molecule has 0 spiro atoms. The second kappa shape index (κ2) is 3.28. The Labute approximate surface area is 54.1 Å². The summed E-state index contributed by atoms with van der Waals surface area (Å²) in [5, 5.41) is 0. The Morgan fingerprint density at radius 1 is 1.22 bits per heavy atom. The van der Waals surface area contributed by atoms with E-state index in [1.807, 2.05) is 29.1 Å². The van der Waals surface area contributed by atoms with E-state index in [1.165, 1.54) is 0 Å². The quantitative estimate of drug-likeness (QED) is 0.584. The van der Waals surface area contributed by atoms with Crippen molar-refractivity contribution in [1.82, 2.24) is 4.57 Å². The minimum absolute atomic E-state index is 0.224. The van der Waals surface area contributed by atoms with Crippen molar-refractivity contribution in [3.63, 3.8) is 0 Å². The summed E-state index contributed by atoms with van der Waals surface area (Å²) in [7, 11) is 0. The van der Waals surface area contributed by atoms with Crippen LogP contribution in [0.4, 0.5) is 4.39 Å². The van der Waals surface area contributed by atoms with Crippen LogP contribution in [0.3, 0.4) is 0 Å². The van der Waals surface area contributed by atoms with Crippen molar-refractivity contribution in [2.75, 3.05) is 6.67 Å². The minimum Gasteiger partial charge on any atom is -0.354 e. The molecule has 0 aliphatic heterocycles. The van der Waals surface area contributed by atoms with Crippen LogP contribution in [0, 0.1) is 0 Å². The second-order valence-corrected chi connectivity index (χ2v) is 1.96. The minimum atomic E-state index is -0.224. The van der Waals surface area contributed by atoms with Crippen LogP contribution < -0.4 is 0 Å². The fourth-order valence-corrected chi connectivity index (χ4v) is 0.762. The molecule has 0 bridgehead atoms. The molecule has 50 valence electrons. The average molecular weight is 127 g/mol. The van der Waals surface area contributed by atoms with Crippen LogP contribution >= 0.6 is 0 Å². The highest BCUT2D eigenvalue weighted by atomic mass is 19.1. The van der Waals surface area contributed by atoms with Gasteiger partial charge in [-0.3, -0.25) is 4.39 Å². The summed E-state index contributed by atoms with van der Waals surface area (Å²) in [5.41, 5.74) is 0. The van der Waals surface area contributed by atoms with Crippen molar-refractivity contribution in [2.24, 2.45) is 0 Å². The van der Waals surface area contributed by atoms with Gasteiger partial charge < -0.3 is 4.57 Å². The molecule has 1 aromatic heterocycles. The molecule has 0 unspecified atom stereocenters. The Hall–Kier alpha value is -0.790. The lowest BCUT2D eigenvalue weighted by atomic mass is 10.5. The van der Waals surface area contributed by atoms with Gasteiger partial charge in [-0.2, -0.15) is 0 Å². The monoisotopic (exact) mass is 127 g/mol. The molecule has 2 heteroatoms. The summed E-state index contributed by atoms with van der Waals surface area (Å²) >= 11 is 0. The fourth-order valence-electron chi connectivity index (χ4n) is 0.762. The van der Waals surface area contributed by atoms with E-state index in [0.717, 1.165) is 6.54 Å². The van der Waals surface area contributed by atoms with Crippen molar-refractivity contribution in [3.05, 3.63) is 24.5 Å². The zero-order valence-electron chi connectivity index (χ0n) is 5.26. The molecule has 9 heavy (non-hydrogen) atoms. The summed E-state index contributed by atoms with van der Waals surface area (Å²) in [6, 6.07) is 3.89. The Balaban J connectivity index is 2.30. The van der Waals surface area contributed by atoms with Gasteiger partial charge in [-0.15, -0.1) is 0 Å². The molecule has 0 atom stereocenters. The van der Waals surface area contributed by atoms with Gasteiger partial charge in [0.15, 0.2) is 0 Å². The molecule has 0 saturated heterocycles. The Bertz CT molecular complexity index is 146. The van der Waals surface area contributed by atoms with Crippen molar-refractivity contribution in [2.45, 2.75) is 13.0 Å². The van der Waals surface area contributed by atoms with Crippen LogP contribution in [0.2, 0.25) is 0 Å². The van der Waals surface area contributed by atoms with Crippen LogP contribution in [0.25, 0.3) is 0 Å². The third-order valence-electron chi connectivity index (χ3n) is 1.22. The molecule has 0 aliphatic rings. The molecule has 0 N–H and O–H groups in total. The van der Waals surface area contributed by atoms with Gasteiger partial charge in [0.2, 0.25) is 0 Å². The molecule has 1 rings (SSSR count). The lowest BCUT2D eigenvalue weighted by Crippen LogP contribution is -1.93. The zero-order chi connectivity index (χ0) is 6.53. The molecule has 0 saturated carbocycles. The number of nitrogens with zero attached hydrogens (tertiary/aromatic N) is 1. The molecule has 0 fully saturated rings. The molecule has 1 aromatic rings. The van der Waals surface area contributed by atoms with E-state index in [9.17, 15) is 4.39 Å². The topological polar surface area (TPSA) is 4.93 Å². The largest absolute Gasteiger partial charge is 0.354 e. The summed E-state index contributed by atoms with van der Waals surface area (Å²) in [5.74, 6) is 0. The van der Waals surface area contributed by atoms with E-state index < -0.39 is 0 Å². The van der Waals surface area contributed by atoms with Gasteiger partial charge in [0.05, 0.1) is 6.67 Å². The SMILES string of the molecule is FCCCn1cccc1. The molecule has 1 nitrogen and oxygen atoms in total. The van der Waals surface area contributed by atoms with Gasteiger partial charge >= 0.3 is 0 Å². The van der Waals surface area contributed by atoms with Crippen molar-refractivity contribution >= 4 is 0 Å². The van der Waals surface area contributed by atoms with Gasteiger partial charge in [0, 0.05) is 18.9 Å². The van der Waals surface area contributed by atoms with Gasteiger partial charge in [0.25, 0.3) is 0 Å². The normalized spacial score (nSPS) is 9.89. The summed E-state index contributed by atoms with van der Waals surface area (Å²) < 4.78 is 13.5. The second-order valence-electron chi connectivity index (χ2n) is 1.96. The first-order valence-corrected chi connectivity index (χ1v) is 3.10. The molecule has 0 radical (unpaired) electrons. The molecule has 0 aliphatic carbocycles. The number of alkyl halides is 1. The molecular formula is C7H10FN. The fraction of sp³-hybridized carbons (Fsp3) is 0.429. The van der Waals surface area contributed by atoms with Gasteiger partial charge in [-0.25, -0.2) is 0 Å². The third kappa shape index (κ3) is 1.88. The number of hydrogen-bond donors (Lipinski definition) is 0. The lowest BCUT2D eigenvalue weighted by molar-refractivity contribution is 0.447. The summed E-state index contributed by atoms with van der Waals surface area (Å²) in [6.45, 7) is 0.571. The lowest BCUT2D eigenvalue weighted by Gasteiger charge is -1.96. The van der Waals surface area contributed by atoms with E-state index >= 15 is 0 Å². The van der Waals surface area contributed by atoms with E-state index in [1.54, 1.807) is 0 Å². The van der Waals surface area contributed by atoms with Gasteiger partial charge in [-0.05, 0) is 18.6 Å².